The Morgan fingerprint density at radius 1 is 0.833 bits per heavy atom. The fourth-order valence-electron chi connectivity index (χ4n) is 3.57. The second-order valence-corrected chi connectivity index (χ2v) is 9.10. The molecular weight excluding hydrogens is 462 g/mol. The first kappa shape index (κ1) is 28.3. The van der Waals surface area contributed by atoms with Gasteiger partial charge in [-0.05, 0) is 42.0 Å². The molecule has 3 atom stereocenters. The first-order chi connectivity index (χ1) is 17.0. The number of aromatic hydroxyl groups is 1. The van der Waals surface area contributed by atoms with E-state index in [4.69, 9.17) is 11.5 Å². The topological polar surface area (TPSA) is 177 Å². The summed E-state index contributed by atoms with van der Waals surface area (Å²) in [4.78, 5) is 49.7. The Balaban J connectivity index is 1.92. The molecule has 0 heterocycles. The lowest BCUT2D eigenvalue weighted by Gasteiger charge is -2.23. The average molecular weight is 498 g/mol. The molecule has 0 aliphatic rings. The van der Waals surface area contributed by atoms with Crippen molar-refractivity contribution in [2.75, 3.05) is 6.54 Å². The summed E-state index contributed by atoms with van der Waals surface area (Å²) in [6.45, 7) is 3.42. The second-order valence-electron chi connectivity index (χ2n) is 9.10. The molecule has 4 amide bonds. The highest BCUT2D eigenvalue weighted by Crippen LogP contribution is 2.11. The normalized spacial score (nSPS) is 13.3. The summed E-state index contributed by atoms with van der Waals surface area (Å²) >= 11 is 0. The van der Waals surface area contributed by atoms with Crippen LogP contribution in [0.5, 0.6) is 5.75 Å². The zero-order chi connectivity index (χ0) is 26.7. The largest absolute Gasteiger partial charge is 0.508 e. The number of carbonyl (C=O) groups is 4. The van der Waals surface area contributed by atoms with Gasteiger partial charge in [0.05, 0.1) is 12.6 Å². The summed E-state index contributed by atoms with van der Waals surface area (Å²) in [5, 5.41) is 17.1. The Labute approximate surface area is 210 Å². The van der Waals surface area contributed by atoms with Gasteiger partial charge in [-0.1, -0.05) is 56.3 Å². The van der Waals surface area contributed by atoms with Crippen LogP contribution >= 0.6 is 0 Å². The van der Waals surface area contributed by atoms with E-state index in [0.29, 0.717) is 6.42 Å². The third kappa shape index (κ3) is 9.75. The van der Waals surface area contributed by atoms with Crippen molar-refractivity contribution in [2.24, 2.45) is 17.4 Å². The highest BCUT2D eigenvalue weighted by atomic mass is 16.3. The fraction of sp³-hybridized carbons (Fsp3) is 0.385. The van der Waals surface area contributed by atoms with E-state index in [9.17, 15) is 24.3 Å². The van der Waals surface area contributed by atoms with Crippen molar-refractivity contribution in [3.8, 4) is 5.75 Å². The molecule has 2 aromatic rings. The molecule has 36 heavy (non-hydrogen) atoms. The van der Waals surface area contributed by atoms with Gasteiger partial charge in [0.2, 0.25) is 23.6 Å². The monoisotopic (exact) mass is 497 g/mol. The zero-order valence-corrected chi connectivity index (χ0v) is 20.6. The first-order valence-corrected chi connectivity index (χ1v) is 11.8. The van der Waals surface area contributed by atoms with Crippen LogP contribution in [0.4, 0.5) is 0 Å². The van der Waals surface area contributed by atoms with E-state index in [0.717, 1.165) is 11.1 Å². The highest BCUT2D eigenvalue weighted by molar-refractivity contribution is 5.93. The maximum absolute atomic E-state index is 12.9. The quantitative estimate of drug-likeness (QED) is 0.229. The second kappa shape index (κ2) is 13.8. The zero-order valence-electron chi connectivity index (χ0n) is 20.6. The van der Waals surface area contributed by atoms with Crippen LogP contribution in [-0.4, -0.2) is 53.4 Å². The lowest BCUT2D eigenvalue weighted by Crippen LogP contribution is -2.55. The van der Waals surface area contributed by atoms with E-state index in [-0.39, 0.29) is 31.1 Å². The first-order valence-electron chi connectivity index (χ1n) is 11.8. The van der Waals surface area contributed by atoms with Crippen LogP contribution in [0, 0.1) is 5.92 Å². The van der Waals surface area contributed by atoms with Gasteiger partial charge in [0.15, 0.2) is 0 Å². The molecule has 0 aliphatic heterocycles. The molecular formula is C26H35N5O5. The molecule has 2 rings (SSSR count). The van der Waals surface area contributed by atoms with Gasteiger partial charge in [-0.15, -0.1) is 0 Å². The van der Waals surface area contributed by atoms with Crippen molar-refractivity contribution in [3.63, 3.8) is 0 Å². The van der Waals surface area contributed by atoms with E-state index in [1.165, 1.54) is 12.1 Å². The lowest BCUT2D eigenvalue weighted by atomic mass is 10.0. The van der Waals surface area contributed by atoms with Crippen molar-refractivity contribution in [2.45, 2.75) is 51.2 Å². The summed E-state index contributed by atoms with van der Waals surface area (Å²) in [7, 11) is 0. The Kier molecular flexibility index (Phi) is 10.9. The smallest absolute Gasteiger partial charge is 0.243 e. The minimum atomic E-state index is -0.941. The molecule has 0 bridgehead atoms. The van der Waals surface area contributed by atoms with Gasteiger partial charge < -0.3 is 32.5 Å². The number of nitrogens with one attached hydrogen (secondary N) is 3. The Morgan fingerprint density at radius 2 is 1.44 bits per heavy atom. The molecule has 10 nitrogen and oxygen atoms in total. The highest BCUT2D eigenvalue weighted by Gasteiger charge is 2.27. The van der Waals surface area contributed by atoms with Crippen LogP contribution in [-0.2, 0) is 32.0 Å². The van der Waals surface area contributed by atoms with Gasteiger partial charge in [0.25, 0.3) is 0 Å². The molecule has 0 unspecified atom stereocenters. The van der Waals surface area contributed by atoms with Crippen LogP contribution in [0.25, 0.3) is 0 Å². The predicted octanol–water partition coefficient (Wildman–Crippen LogP) is 0.122. The van der Waals surface area contributed by atoms with E-state index < -0.39 is 41.8 Å². The van der Waals surface area contributed by atoms with Gasteiger partial charge in [0.1, 0.15) is 17.8 Å². The Morgan fingerprint density at radius 3 is 2.03 bits per heavy atom. The Bertz CT molecular complexity index is 1030. The summed E-state index contributed by atoms with van der Waals surface area (Å²) in [5.41, 5.74) is 13.0. The van der Waals surface area contributed by atoms with E-state index in [1.54, 1.807) is 12.1 Å². The standard InChI is InChI=1S/C26H35N5O5/c1-16(2)12-22(26(36)31-21(24(28)34)14-17-6-4-3-5-7-17)30-23(33)15-29-25(35)20(27)13-18-8-10-19(32)11-9-18/h3-11,16,20-22,32H,12-15,27H2,1-2H3,(H2,28,34)(H,29,35)(H,30,33)(H,31,36)/t20-,21-,22+/m0/s1. The van der Waals surface area contributed by atoms with Crippen LogP contribution in [0.1, 0.15) is 31.4 Å². The molecule has 0 spiro atoms. The van der Waals surface area contributed by atoms with Gasteiger partial charge in [-0.2, -0.15) is 0 Å². The third-order valence-corrected chi connectivity index (χ3v) is 5.45. The average Bonchev–Trinajstić information content (AvgIpc) is 2.83. The van der Waals surface area contributed by atoms with E-state index in [2.05, 4.69) is 16.0 Å². The molecule has 8 N–H and O–H groups in total. The summed E-state index contributed by atoms with van der Waals surface area (Å²) in [6, 6.07) is 12.7. The van der Waals surface area contributed by atoms with Gasteiger partial charge in [0, 0.05) is 6.42 Å². The molecule has 0 aromatic heterocycles. The van der Waals surface area contributed by atoms with Crippen LogP contribution in [0.2, 0.25) is 0 Å². The number of phenols is 1. The molecule has 194 valence electrons. The number of rotatable bonds is 13. The van der Waals surface area contributed by atoms with E-state index in [1.807, 2.05) is 44.2 Å². The molecule has 0 aliphatic carbocycles. The molecule has 2 aromatic carbocycles. The fourth-order valence-corrected chi connectivity index (χ4v) is 3.57. The van der Waals surface area contributed by atoms with Crippen molar-refractivity contribution in [3.05, 3.63) is 65.7 Å². The minimum absolute atomic E-state index is 0.0653. The van der Waals surface area contributed by atoms with Crippen molar-refractivity contribution in [1.29, 1.82) is 0 Å². The maximum atomic E-state index is 12.9. The molecule has 0 saturated carbocycles. The third-order valence-electron chi connectivity index (χ3n) is 5.45. The number of primary amides is 1. The summed E-state index contributed by atoms with van der Waals surface area (Å²) in [6.07, 6.45) is 0.768. The van der Waals surface area contributed by atoms with Crippen molar-refractivity contribution in [1.82, 2.24) is 16.0 Å². The summed E-state index contributed by atoms with van der Waals surface area (Å²) < 4.78 is 0. The Hall–Kier alpha value is -3.92. The van der Waals surface area contributed by atoms with E-state index >= 15 is 0 Å². The van der Waals surface area contributed by atoms with Crippen LogP contribution < -0.4 is 27.4 Å². The van der Waals surface area contributed by atoms with Crippen LogP contribution in [0.3, 0.4) is 0 Å². The minimum Gasteiger partial charge on any atom is -0.508 e. The maximum Gasteiger partial charge on any atom is 0.243 e. The molecule has 10 heteroatoms. The number of phenolic OH excluding ortho intramolecular Hbond substituents is 1. The number of nitrogens with two attached hydrogens (primary N) is 2. The van der Waals surface area contributed by atoms with Gasteiger partial charge in [-0.3, -0.25) is 19.2 Å². The lowest BCUT2D eigenvalue weighted by molar-refractivity contribution is -0.132. The van der Waals surface area contributed by atoms with Gasteiger partial charge >= 0.3 is 0 Å². The SMILES string of the molecule is CC(C)C[C@@H](NC(=O)CNC(=O)[C@@H](N)Cc1ccc(O)cc1)C(=O)N[C@@H](Cc1ccccc1)C(N)=O. The van der Waals surface area contributed by atoms with Gasteiger partial charge in [-0.25, -0.2) is 0 Å². The molecule has 0 saturated heterocycles. The molecule has 0 fully saturated rings. The number of hydrogen-bond donors (Lipinski definition) is 6. The summed E-state index contributed by atoms with van der Waals surface area (Å²) in [5.74, 6) is -2.14. The number of benzene rings is 2. The van der Waals surface area contributed by atoms with Crippen LogP contribution in [0.15, 0.2) is 54.6 Å². The number of hydrogen-bond acceptors (Lipinski definition) is 6. The van der Waals surface area contributed by atoms with Crippen molar-refractivity contribution < 1.29 is 24.3 Å². The number of amides is 4. The number of carbonyl (C=O) groups excluding carboxylic acids is 4. The predicted molar refractivity (Wildman–Crippen MR) is 135 cm³/mol. The molecule has 0 radical (unpaired) electrons. The van der Waals surface area contributed by atoms with Crippen molar-refractivity contribution >= 4 is 23.6 Å².